The van der Waals surface area contributed by atoms with Crippen LogP contribution in [0.2, 0.25) is 0 Å². The zero-order valence-electron chi connectivity index (χ0n) is 13.5. The summed E-state index contributed by atoms with van der Waals surface area (Å²) in [6, 6.07) is 6.18. The first kappa shape index (κ1) is 15.0. The number of nitrogens with two attached hydrogens (primary N) is 2. The fourth-order valence-corrected chi connectivity index (χ4v) is 2.92. The summed E-state index contributed by atoms with van der Waals surface area (Å²) in [6.45, 7) is 2.09. The van der Waals surface area contributed by atoms with Crippen molar-refractivity contribution in [2.45, 2.75) is 13.3 Å². The van der Waals surface area contributed by atoms with E-state index < -0.39 is 0 Å². The lowest BCUT2D eigenvalue weighted by Gasteiger charge is -2.20. The first-order valence-electron chi connectivity index (χ1n) is 7.38. The van der Waals surface area contributed by atoms with Gasteiger partial charge in [0.1, 0.15) is 0 Å². The van der Waals surface area contributed by atoms with Gasteiger partial charge in [0.2, 0.25) is 5.95 Å². The molecule has 0 radical (unpaired) electrons. The monoisotopic (exact) mass is 308 g/mol. The minimum Gasteiger partial charge on any atom is -0.396 e. The predicted octanol–water partition coefficient (Wildman–Crippen LogP) is 2.15. The van der Waals surface area contributed by atoms with Crippen molar-refractivity contribution in [3.63, 3.8) is 0 Å². The van der Waals surface area contributed by atoms with Gasteiger partial charge in [-0.3, -0.25) is 4.98 Å². The Hall–Kier alpha value is -2.89. The number of pyridine rings is 1. The molecule has 0 spiro atoms. The van der Waals surface area contributed by atoms with Crippen LogP contribution in [-0.4, -0.2) is 29.0 Å². The van der Waals surface area contributed by atoms with Crippen LogP contribution in [0.25, 0.3) is 10.9 Å². The molecule has 2 heterocycles. The molecule has 0 aliphatic carbocycles. The highest BCUT2D eigenvalue weighted by Gasteiger charge is 2.14. The molecule has 3 rings (SSSR count). The summed E-state index contributed by atoms with van der Waals surface area (Å²) in [6.07, 6.45) is 3.96. The minimum absolute atomic E-state index is 0.235. The van der Waals surface area contributed by atoms with Crippen LogP contribution in [0, 0.1) is 6.92 Å². The van der Waals surface area contributed by atoms with E-state index in [1.54, 1.807) is 6.20 Å². The maximum Gasteiger partial charge on any atom is 0.220 e. The summed E-state index contributed by atoms with van der Waals surface area (Å²) >= 11 is 0. The Morgan fingerprint density at radius 2 is 1.96 bits per heavy atom. The Labute approximate surface area is 135 Å². The topological polar surface area (TPSA) is 93.9 Å². The van der Waals surface area contributed by atoms with E-state index in [0.717, 1.165) is 33.4 Å². The lowest BCUT2D eigenvalue weighted by Crippen LogP contribution is -2.12. The minimum atomic E-state index is 0.235. The average molecular weight is 308 g/mol. The third kappa shape index (κ3) is 2.75. The molecule has 118 valence electrons. The van der Waals surface area contributed by atoms with Crippen molar-refractivity contribution in [2.24, 2.45) is 0 Å². The Kier molecular flexibility index (Phi) is 3.73. The van der Waals surface area contributed by atoms with E-state index >= 15 is 0 Å². The molecular weight excluding hydrogens is 288 g/mol. The van der Waals surface area contributed by atoms with Crippen LogP contribution in [0.4, 0.5) is 17.3 Å². The second-order valence-corrected chi connectivity index (χ2v) is 5.80. The molecule has 0 aliphatic heterocycles. The van der Waals surface area contributed by atoms with Crippen molar-refractivity contribution in [1.82, 2.24) is 15.0 Å². The summed E-state index contributed by atoms with van der Waals surface area (Å²) in [4.78, 5) is 14.9. The van der Waals surface area contributed by atoms with Gasteiger partial charge in [0.25, 0.3) is 0 Å². The fraction of sp³-hybridized carbons (Fsp3) is 0.235. The summed E-state index contributed by atoms with van der Waals surface area (Å²) in [7, 11) is 4.05. The molecule has 0 atom stereocenters. The summed E-state index contributed by atoms with van der Waals surface area (Å²) in [5.41, 5.74) is 17.4. The molecule has 6 nitrogen and oxygen atoms in total. The van der Waals surface area contributed by atoms with Gasteiger partial charge in [-0.2, -0.15) is 0 Å². The van der Waals surface area contributed by atoms with Crippen LogP contribution in [0.1, 0.15) is 16.8 Å². The molecule has 4 N–H and O–H groups in total. The predicted molar refractivity (Wildman–Crippen MR) is 94.5 cm³/mol. The van der Waals surface area contributed by atoms with Gasteiger partial charge < -0.3 is 16.4 Å². The zero-order valence-corrected chi connectivity index (χ0v) is 13.5. The molecule has 3 aromatic rings. The van der Waals surface area contributed by atoms with E-state index in [-0.39, 0.29) is 5.95 Å². The Morgan fingerprint density at radius 1 is 1.17 bits per heavy atom. The van der Waals surface area contributed by atoms with E-state index in [1.807, 2.05) is 26.4 Å². The van der Waals surface area contributed by atoms with Crippen molar-refractivity contribution in [3.8, 4) is 0 Å². The number of benzene rings is 1. The molecule has 0 aliphatic rings. The number of rotatable bonds is 3. The van der Waals surface area contributed by atoms with Crippen LogP contribution in [0.5, 0.6) is 0 Å². The van der Waals surface area contributed by atoms with Crippen molar-refractivity contribution in [2.75, 3.05) is 30.5 Å². The third-order valence-electron chi connectivity index (χ3n) is 3.87. The van der Waals surface area contributed by atoms with Gasteiger partial charge in [0.15, 0.2) is 0 Å². The maximum absolute atomic E-state index is 5.99. The second-order valence-electron chi connectivity index (χ2n) is 5.80. The molecule has 0 saturated heterocycles. The molecule has 2 aromatic heterocycles. The normalized spacial score (nSPS) is 10.9. The van der Waals surface area contributed by atoms with Crippen molar-refractivity contribution in [3.05, 3.63) is 47.4 Å². The summed E-state index contributed by atoms with van der Waals surface area (Å²) < 4.78 is 0. The van der Waals surface area contributed by atoms with E-state index in [1.165, 1.54) is 0 Å². The molecule has 0 saturated carbocycles. The number of fused-ring (bicyclic) bond motifs is 1. The van der Waals surface area contributed by atoms with Crippen LogP contribution in [0.15, 0.2) is 30.6 Å². The fourth-order valence-electron chi connectivity index (χ4n) is 2.92. The number of aryl methyl sites for hydroxylation is 1. The van der Waals surface area contributed by atoms with Gasteiger partial charge in [-0.25, -0.2) is 9.97 Å². The van der Waals surface area contributed by atoms with Gasteiger partial charge in [-0.05, 0) is 24.1 Å². The SMILES string of the molecule is Cc1cc(Cc2nc(N)ncc2N)c2cccnc2c1N(C)C. The molecule has 0 fully saturated rings. The van der Waals surface area contributed by atoms with Crippen LogP contribution >= 0.6 is 0 Å². The van der Waals surface area contributed by atoms with Crippen LogP contribution < -0.4 is 16.4 Å². The number of nitrogen functional groups attached to an aromatic ring is 2. The van der Waals surface area contributed by atoms with E-state index in [2.05, 4.69) is 38.9 Å². The van der Waals surface area contributed by atoms with Gasteiger partial charge in [-0.15, -0.1) is 0 Å². The van der Waals surface area contributed by atoms with Gasteiger partial charge >= 0.3 is 0 Å². The van der Waals surface area contributed by atoms with Crippen LogP contribution in [-0.2, 0) is 6.42 Å². The van der Waals surface area contributed by atoms with E-state index in [0.29, 0.717) is 12.1 Å². The first-order chi connectivity index (χ1) is 11.0. The smallest absolute Gasteiger partial charge is 0.220 e. The molecule has 0 unspecified atom stereocenters. The standard InChI is InChI=1S/C17H20N6/c1-10-7-11(8-14-13(18)9-21-17(19)22-14)12-5-4-6-20-15(12)16(10)23(2)3/h4-7,9H,8,18H2,1-3H3,(H2,19,21,22). The van der Waals surface area contributed by atoms with Crippen LogP contribution in [0.3, 0.4) is 0 Å². The highest BCUT2D eigenvalue weighted by atomic mass is 15.1. The van der Waals surface area contributed by atoms with E-state index in [9.17, 15) is 0 Å². The molecule has 1 aromatic carbocycles. The number of anilines is 3. The first-order valence-corrected chi connectivity index (χ1v) is 7.38. The number of hydrogen-bond acceptors (Lipinski definition) is 6. The van der Waals surface area contributed by atoms with Gasteiger partial charge in [0.05, 0.1) is 28.8 Å². The zero-order chi connectivity index (χ0) is 16.6. The lowest BCUT2D eigenvalue weighted by molar-refractivity contribution is 1.05. The van der Waals surface area contributed by atoms with Crippen molar-refractivity contribution in [1.29, 1.82) is 0 Å². The second kappa shape index (κ2) is 5.72. The lowest BCUT2D eigenvalue weighted by atomic mass is 9.98. The molecule has 6 heteroatoms. The third-order valence-corrected chi connectivity index (χ3v) is 3.87. The number of aromatic nitrogens is 3. The van der Waals surface area contributed by atoms with Gasteiger partial charge in [0, 0.05) is 32.1 Å². The number of hydrogen-bond donors (Lipinski definition) is 2. The van der Waals surface area contributed by atoms with Crippen molar-refractivity contribution >= 4 is 28.2 Å². The highest BCUT2D eigenvalue weighted by Crippen LogP contribution is 2.32. The largest absolute Gasteiger partial charge is 0.396 e. The number of nitrogens with zero attached hydrogens (tertiary/aromatic N) is 4. The average Bonchev–Trinajstić information content (AvgIpc) is 2.50. The van der Waals surface area contributed by atoms with E-state index in [4.69, 9.17) is 11.5 Å². The summed E-state index contributed by atoms with van der Waals surface area (Å²) in [5.74, 6) is 0.235. The highest BCUT2D eigenvalue weighted by molar-refractivity contribution is 5.95. The maximum atomic E-state index is 5.99. The molecule has 23 heavy (non-hydrogen) atoms. The molecular formula is C17H20N6. The summed E-state index contributed by atoms with van der Waals surface area (Å²) in [5, 5.41) is 1.10. The van der Waals surface area contributed by atoms with Crippen molar-refractivity contribution < 1.29 is 0 Å². The Balaban J connectivity index is 2.19. The molecule has 0 amide bonds. The Morgan fingerprint density at radius 3 is 2.70 bits per heavy atom. The Bertz CT molecular complexity index is 872. The molecule has 0 bridgehead atoms. The quantitative estimate of drug-likeness (QED) is 0.770. The van der Waals surface area contributed by atoms with Gasteiger partial charge in [-0.1, -0.05) is 12.1 Å².